The summed E-state index contributed by atoms with van der Waals surface area (Å²) < 4.78 is 5.39. The molecule has 1 fully saturated rings. The minimum atomic E-state index is -0.525. The van der Waals surface area contributed by atoms with Crippen LogP contribution in [-0.2, 0) is 4.74 Å². The van der Waals surface area contributed by atoms with Crippen molar-refractivity contribution in [2.24, 2.45) is 5.92 Å². The second-order valence-electron chi connectivity index (χ2n) is 7.72. The molecule has 2 amide bonds. The highest BCUT2D eigenvalue weighted by atomic mass is 35.5. The van der Waals surface area contributed by atoms with E-state index in [0.717, 1.165) is 12.8 Å². The molecule has 0 N–H and O–H groups in total. The van der Waals surface area contributed by atoms with E-state index in [1.165, 1.54) is 0 Å². The molecule has 0 aromatic heterocycles. The molecular weight excluding hydrogens is 375 g/mol. The van der Waals surface area contributed by atoms with E-state index in [4.69, 9.17) is 27.9 Å². The van der Waals surface area contributed by atoms with Crippen LogP contribution in [0.25, 0.3) is 0 Å². The highest BCUT2D eigenvalue weighted by Gasteiger charge is 2.28. The van der Waals surface area contributed by atoms with Crippen molar-refractivity contribution in [3.8, 4) is 0 Å². The van der Waals surface area contributed by atoms with Gasteiger partial charge in [-0.15, -0.1) is 0 Å². The lowest BCUT2D eigenvalue weighted by atomic mass is 9.97. The molecule has 1 aromatic rings. The minimum absolute atomic E-state index is 0.123. The number of amides is 2. The van der Waals surface area contributed by atoms with Crippen molar-refractivity contribution in [1.29, 1.82) is 0 Å². The van der Waals surface area contributed by atoms with Crippen molar-refractivity contribution in [1.82, 2.24) is 9.80 Å². The Bertz CT molecular complexity index is 673. The van der Waals surface area contributed by atoms with Gasteiger partial charge in [0.05, 0.1) is 15.6 Å². The number of rotatable bonds is 3. The first-order valence-corrected chi connectivity index (χ1v) is 9.51. The van der Waals surface area contributed by atoms with Crippen molar-refractivity contribution >= 4 is 35.2 Å². The Hall–Kier alpha value is -1.46. The number of ether oxygens (including phenoxy) is 1. The molecule has 0 radical (unpaired) electrons. The van der Waals surface area contributed by atoms with Gasteiger partial charge in [-0.3, -0.25) is 4.79 Å². The molecule has 1 aliphatic rings. The van der Waals surface area contributed by atoms with Gasteiger partial charge in [-0.05, 0) is 51.7 Å². The Morgan fingerprint density at radius 1 is 1.31 bits per heavy atom. The number of nitrogens with zero attached hydrogens (tertiary/aromatic N) is 2. The highest BCUT2D eigenvalue weighted by Crippen LogP contribution is 2.28. The van der Waals surface area contributed by atoms with E-state index in [2.05, 4.69) is 0 Å². The number of halogens is 2. The Kier molecular flexibility index (Phi) is 6.80. The van der Waals surface area contributed by atoms with Crippen molar-refractivity contribution < 1.29 is 14.3 Å². The Labute approximate surface area is 165 Å². The van der Waals surface area contributed by atoms with Gasteiger partial charge in [0.2, 0.25) is 0 Å². The molecule has 26 heavy (non-hydrogen) atoms. The molecule has 5 nitrogen and oxygen atoms in total. The molecule has 1 heterocycles. The number of hydrogen-bond donors (Lipinski definition) is 0. The molecule has 1 aromatic carbocycles. The van der Waals surface area contributed by atoms with Crippen molar-refractivity contribution in [2.75, 3.05) is 26.7 Å². The Morgan fingerprint density at radius 3 is 2.65 bits per heavy atom. The predicted octanol–water partition coefficient (Wildman–Crippen LogP) is 4.71. The zero-order valence-electron chi connectivity index (χ0n) is 15.7. The van der Waals surface area contributed by atoms with Crippen molar-refractivity contribution in [3.05, 3.63) is 33.8 Å². The van der Waals surface area contributed by atoms with E-state index in [1.807, 2.05) is 20.8 Å². The van der Waals surface area contributed by atoms with Crippen LogP contribution in [-0.4, -0.2) is 54.1 Å². The van der Waals surface area contributed by atoms with Gasteiger partial charge in [0.25, 0.3) is 5.91 Å². The van der Waals surface area contributed by atoms with E-state index in [1.54, 1.807) is 35.0 Å². The molecule has 7 heteroatoms. The van der Waals surface area contributed by atoms with Crippen LogP contribution < -0.4 is 0 Å². The second kappa shape index (κ2) is 8.49. The number of carbonyl (C=O) groups is 2. The van der Waals surface area contributed by atoms with Gasteiger partial charge in [0.1, 0.15) is 5.60 Å². The number of carbonyl (C=O) groups excluding carboxylic acids is 2. The standard InChI is InChI=1S/C19H26Cl2N2O3/c1-19(2,3)26-18(25)22(4)11-13-7-6-10-23(12-13)17(24)14-8-5-9-15(20)16(14)21/h5,8-9,13H,6-7,10-12H2,1-4H3. The maximum absolute atomic E-state index is 12.8. The van der Waals surface area contributed by atoms with Gasteiger partial charge in [0, 0.05) is 26.7 Å². The molecular formula is C19H26Cl2N2O3. The van der Waals surface area contributed by atoms with E-state index in [9.17, 15) is 9.59 Å². The number of piperidine rings is 1. The highest BCUT2D eigenvalue weighted by molar-refractivity contribution is 6.43. The van der Waals surface area contributed by atoms with Gasteiger partial charge >= 0.3 is 6.09 Å². The Balaban J connectivity index is 1.99. The maximum Gasteiger partial charge on any atom is 0.410 e. The van der Waals surface area contributed by atoms with Gasteiger partial charge in [-0.1, -0.05) is 29.3 Å². The fraction of sp³-hybridized carbons (Fsp3) is 0.579. The molecule has 2 rings (SSSR count). The smallest absolute Gasteiger partial charge is 0.410 e. The fourth-order valence-electron chi connectivity index (χ4n) is 3.04. The van der Waals surface area contributed by atoms with Crippen LogP contribution in [0, 0.1) is 5.92 Å². The minimum Gasteiger partial charge on any atom is -0.444 e. The summed E-state index contributed by atoms with van der Waals surface area (Å²) in [6, 6.07) is 5.07. The SMILES string of the molecule is CN(CC1CCCN(C(=O)c2cccc(Cl)c2Cl)C1)C(=O)OC(C)(C)C. The lowest BCUT2D eigenvalue weighted by Crippen LogP contribution is -2.45. The lowest BCUT2D eigenvalue weighted by Gasteiger charge is -2.35. The van der Waals surface area contributed by atoms with E-state index in [-0.39, 0.29) is 22.9 Å². The van der Waals surface area contributed by atoms with E-state index < -0.39 is 5.60 Å². The summed E-state index contributed by atoms with van der Waals surface area (Å²) in [6.45, 7) is 7.32. The summed E-state index contributed by atoms with van der Waals surface area (Å²) in [6.07, 6.45) is 1.50. The first-order valence-electron chi connectivity index (χ1n) is 8.76. The zero-order valence-corrected chi connectivity index (χ0v) is 17.2. The van der Waals surface area contributed by atoms with Crippen LogP contribution in [0.1, 0.15) is 44.0 Å². The molecule has 1 atom stereocenters. The van der Waals surface area contributed by atoms with Crippen LogP contribution in [0.5, 0.6) is 0 Å². The van der Waals surface area contributed by atoms with Gasteiger partial charge in [-0.25, -0.2) is 4.79 Å². The first-order chi connectivity index (χ1) is 12.1. The average Bonchev–Trinajstić information content (AvgIpc) is 2.55. The third-order valence-electron chi connectivity index (χ3n) is 4.23. The zero-order chi connectivity index (χ0) is 19.5. The molecule has 1 aliphatic heterocycles. The van der Waals surface area contributed by atoms with Crippen LogP contribution >= 0.6 is 23.2 Å². The first kappa shape index (κ1) is 20.8. The largest absolute Gasteiger partial charge is 0.444 e. The van der Waals surface area contributed by atoms with Gasteiger partial charge in [-0.2, -0.15) is 0 Å². The topological polar surface area (TPSA) is 49.9 Å². The summed E-state index contributed by atoms with van der Waals surface area (Å²) in [5.41, 5.74) is -0.108. The van der Waals surface area contributed by atoms with Gasteiger partial charge in [0.15, 0.2) is 0 Å². The van der Waals surface area contributed by atoms with Crippen LogP contribution in [0.3, 0.4) is 0 Å². The molecule has 0 bridgehead atoms. The normalized spacial score (nSPS) is 17.8. The third kappa shape index (κ3) is 5.52. The number of likely N-dealkylation sites (tertiary alicyclic amines) is 1. The fourth-order valence-corrected chi connectivity index (χ4v) is 3.42. The Morgan fingerprint density at radius 2 is 2.00 bits per heavy atom. The monoisotopic (exact) mass is 400 g/mol. The predicted molar refractivity (Wildman–Crippen MR) is 104 cm³/mol. The van der Waals surface area contributed by atoms with E-state index >= 15 is 0 Å². The summed E-state index contributed by atoms with van der Waals surface area (Å²) in [7, 11) is 1.72. The average molecular weight is 401 g/mol. The summed E-state index contributed by atoms with van der Waals surface area (Å²) in [4.78, 5) is 28.3. The lowest BCUT2D eigenvalue weighted by molar-refractivity contribution is 0.0244. The van der Waals surface area contributed by atoms with Crippen molar-refractivity contribution in [2.45, 2.75) is 39.2 Å². The van der Waals surface area contributed by atoms with Crippen LogP contribution in [0.15, 0.2) is 18.2 Å². The quantitative estimate of drug-likeness (QED) is 0.737. The van der Waals surface area contributed by atoms with Gasteiger partial charge < -0.3 is 14.5 Å². The molecule has 0 aliphatic carbocycles. The molecule has 0 spiro atoms. The second-order valence-corrected chi connectivity index (χ2v) is 8.51. The molecule has 0 saturated carbocycles. The van der Waals surface area contributed by atoms with Crippen molar-refractivity contribution in [3.63, 3.8) is 0 Å². The maximum atomic E-state index is 12.8. The summed E-state index contributed by atoms with van der Waals surface area (Å²) in [5.74, 6) is 0.0744. The summed E-state index contributed by atoms with van der Waals surface area (Å²) >= 11 is 12.2. The molecule has 1 unspecified atom stereocenters. The number of hydrogen-bond acceptors (Lipinski definition) is 3. The third-order valence-corrected chi connectivity index (χ3v) is 5.04. The number of benzene rings is 1. The molecule has 144 valence electrons. The van der Waals surface area contributed by atoms with Crippen LogP contribution in [0.4, 0.5) is 4.79 Å². The summed E-state index contributed by atoms with van der Waals surface area (Å²) in [5, 5.41) is 0.655. The molecule has 1 saturated heterocycles. The van der Waals surface area contributed by atoms with E-state index in [0.29, 0.717) is 30.2 Å². The van der Waals surface area contributed by atoms with Crippen LogP contribution in [0.2, 0.25) is 10.0 Å².